The van der Waals surface area contributed by atoms with E-state index in [9.17, 15) is 9.90 Å². The molecule has 5 heterocycles. The maximum atomic E-state index is 12.5. The predicted molar refractivity (Wildman–Crippen MR) is 133 cm³/mol. The van der Waals surface area contributed by atoms with E-state index in [1.807, 2.05) is 18.3 Å². The number of aliphatic hydroxyl groups is 1. The third-order valence-corrected chi connectivity index (χ3v) is 7.25. The number of aromatic nitrogens is 3. The number of nitrogens with zero attached hydrogens (tertiary/aromatic N) is 5. The van der Waals surface area contributed by atoms with Crippen molar-refractivity contribution in [3.63, 3.8) is 0 Å². The average molecular weight is 481 g/mol. The lowest BCUT2D eigenvalue weighted by Crippen LogP contribution is -2.31. The molecule has 0 aliphatic carbocycles. The van der Waals surface area contributed by atoms with Gasteiger partial charge in [0.25, 0.3) is 5.56 Å². The number of aliphatic hydroxyl groups excluding tert-OH is 1. The first-order valence-electron chi connectivity index (χ1n) is 11.4. The zero-order chi connectivity index (χ0) is 23.5. The molecule has 0 amide bonds. The second-order valence-corrected chi connectivity index (χ2v) is 9.63. The Morgan fingerprint density at radius 1 is 1.24 bits per heavy atom. The highest BCUT2D eigenvalue weighted by molar-refractivity contribution is 8.00. The quantitative estimate of drug-likeness (QED) is 0.502. The fraction of sp³-hybridized carbons (Fsp3) is 0.417. The molecule has 3 aromatic rings. The fourth-order valence-corrected chi connectivity index (χ4v) is 5.19. The Balaban J connectivity index is 1.16. The van der Waals surface area contributed by atoms with E-state index >= 15 is 0 Å². The van der Waals surface area contributed by atoms with Gasteiger partial charge in [-0.1, -0.05) is 0 Å². The van der Waals surface area contributed by atoms with Crippen molar-refractivity contribution in [3.8, 4) is 5.75 Å². The Hall–Kier alpha value is -2.79. The number of likely N-dealkylation sites (tertiary alicyclic amines) is 1. The number of fused-ring (bicyclic) bond motifs is 2. The molecule has 0 saturated carbocycles. The standard InChI is InChI=1S/C24H28N6O3S/c1-33-18-10-20-19(27-13-18)3-5-23(32)30(20)8-7-29-14-16(21(31)15-29)11-25-12-17-2-4-22-24(28-17)26-6-9-34-22/h2-6,10,13,16,21,25,31H,7-9,11-12,14-15H2,1H3/t16-,21+/m1/s1. The van der Waals surface area contributed by atoms with Crippen LogP contribution in [0.15, 0.2) is 51.2 Å². The van der Waals surface area contributed by atoms with Crippen molar-refractivity contribution in [1.82, 2.24) is 24.8 Å². The van der Waals surface area contributed by atoms with Crippen LogP contribution in [0.5, 0.6) is 5.75 Å². The maximum Gasteiger partial charge on any atom is 0.251 e. The first-order valence-corrected chi connectivity index (χ1v) is 12.4. The van der Waals surface area contributed by atoms with E-state index in [4.69, 9.17) is 4.74 Å². The number of rotatable bonds is 8. The molecule has 0 radical (unpaired) electrons. The van der Waals surface area contributed by atoms with Gasteiger partial charge in [0, 0.05) is 69.3 Å². The minimum Gasteiger partial charge on any atom is -0.495 e. The molecule has 2 atom stereocenters. The molecular formula is C24H28N6O3S. The number of hydrogen-bond donors (Lipinski definition) is 2. The second kappa shape index (κ2) is 10.2. The van der Waals surface area contributed by atoms with Crippen LogP contribution in [0.4, 0.5) is 5.82 Å². The van der Waals surface area contributed by atoms with Gasteiger partial charge >= 0.3 is 0 Å². The smallest absolute Gasteiger partial charge is 0.251 e. The number of hydrogen-bond acceptors (Lipinski definition) is 9. The molecule has 1 saturated heterocycles. The van der Waals surface area contributed by atoms with E-state index in [0.717, 1.165) is 39.7 Å². The third kappa shape index (κ3) is 5.00. The van der Waals surface area contributed by atoms with Gasteiger partial charge in [-0.15, -0.1) is 11.8 Å². The van der Waals surface area contributed by atoms with E-state index in [1.165, 1.54) is 0 Å². The molecule has 0 bridgehead atoms. The van der Waals surface area contributed by atoms with E-state index in [-0.39, 0.29) is 11.5 Å². The molecule has 34 heavy (non-hydrogen) atoms. The summed E-state index contributed by atoms with van der Waals surface area (Å²) in [5, 5.41) is 14.0. The van der Waals surface area contributed by atoms with Crippen LogP contribution in [0.1, 0.15) is 5.69 Å². The monoisotopic (exact) mass is 480 g/mol. The number of aliphatic imine (C=N–C) groups is 1. The molecule has 178 valence electrons. The summed E-state index contributed by atoms with van der Waals surface area (Å²) in [6.07, 6.45) is 3.13. The van der Waals surface area contributed by atoms with Crippen LogP contribution in [0.25, 0.3) is 11.0 Å². The summed E-state index contributed by atoms with van der Waals surface area (Å²) in [4.78, 5) is 29.2. The summed E-state index contributed by atoms with van der Waals surface area (Å²) >= 11 is 1.75. The largest absolute Gasteiger partial charge is 0.495 e. The van der Waals surface area contributed by atoms with Crippen LogP contribution in [-0.4, -0.2) is 75.9 Å². The topological polar surface area (TPSA) is 105 Å². The van der Waals surface area contributed by atoms with Gasteiger partial charge in [0.1, 0.15) is 5.75 Å². The summed E-state index contributed by atoms with van der Waals surface area (Å²) in [5.74, 6) is 2.42. The summed E-state index contributed by atoms with van der Waals surface area (Å²) < 4.78 is 7.01. The molecular weight excluding hydrogens is 452 g/mol. The number of β-amino-alcohol motifs (C(OH)–C–C–N with tert-alkyl or cyclic N) is 1. The van der Waals surface area contributed by atoms with Gasteiger partial charge in [-0.3, -0.25) is 14.7 Å². The van der Waals surface area contributed by atoms with Crippen molar-refractivity contribution in [1.29, 1.82) is 0 Å². The summed E-state index contributed by atoms with van der Waals surface area (Å²) in [7, 11) is 1.59. The first kappa shape index (κ1) is 23.0. The molecule has 2 N–H and O–H groups in total. The Labute approximate surface area is 201 Å². The molecule has 0 aromatic carbocycles. The van der Waals surface area contributed by atoms with E-state index in [2.05, 4.69) is 31.2 Å². The van der Waals surface area contributed by atoms with Gasteiger partial charge in [-0.05, 0) is 18.2 Å². The third-order valence-electron chi connectivity index (χ3n) is 6.31. The van der Waals surface area contributed by atoms with Crippen molar-refractivity contribution in [2.45, 2.75) is 24.1 Å². The molecule has 10 heteroatoms. The Morgan fingerprint density at radius 3 is 3.03 bits per heavy atom. The maximum absolute atomic E-state index is 12.5. The van der Waals surface area contributed by atoms with Gasteiger partial charge in [0.05, 0.1) is 41.0 Å². The van der Waals surface area contributed by atoms with E-state index in [1.54, 1.807) is 41.8 Å². The minimum absolute atomic E-state index is 0.0687. The van der Waals surface area contributed by atoms with Crippen LogP contribution in [0, 0.1) is 5.92 Å². The van der Waals surface area contributed by atoms with Crippen molar-refractivity contribution < 1.29 is 9.84 Å². The highest BCUT2D eigenvalue weighted by Crippen LogP contribution is 2.30. The molecule has 0 spiro atoms. The Morgan fingerprint density at radius 2 is 2.15 bits per heavy atom. The fourth-order valence-electron chi connectivity index (χ4n) is 4.47. The van der Waals surface area contributed by atoms with Crippen LogP contribution >= 0.6 is 11.8 Å². The zero-order valence-corrected chi connectivity index (χ0v) is 19.9. The highest BCUT2D eigenvalue weighted by atomic mass is 32.2. The van der Waals surface area contributed by atoms with Crippen molar-refractivity contribution >= 4 is 34.8 Å². The van der Waals surface area contributed by atoms with E-state index in [0.29, 0.717) is 38.5 Å². The number of ether oxygens (including phenoxy) is 1. The van der Waals surface area contributed by atoms with Crippen LogP contribution in [-0.2, 0) is 13.1 Å². The van der Waals surface area contributed by atoms with Gasteiger partial charge in [0.15, 0.2) is 5.82 Å². The molecule has 5 rings (SSSR count). The zero-order valence-electron chi connectivity index (χ0n) is 19.1. The number of thioether (sulfide) groups is 1. The van der Waals surface area contributed by atoms with Gasteiger partial charge < -0.3 is 19.7 Å². The molecule has 1 fully saturated rings. The predicted octanol–water partition coefficient (Wildman–Crippen LogP) is 1.69. The molecule has 3 aromatic heterocycles. The Bertz CT molecular complexity index is 1260. The summed E-state index contributed by atoms with van der Waals surface area (Å²) in [5.41, 5.74) is 2.39. The molecule has 2 aliphatic rings. The SMILES string of the molecule is COc1cnc2ccc(=O)n(CCN3C[C@@H](CNCc4ccc5c(n4)N=CCS5)[C@@H](O)C3)c2c1. The van der Waals surface area contributed by atoms with Crippen LogP contribution in [0.3, 0.4) is 0 Å². The highest BCUT2D eigenvalue weighted by Gasteiger charge is 2.30. The van der Waals surface area contributed by atoms with Crippen LogP contribution < -0.4 is 15.6 Å². The van der Waals surface area contributed by atoms with Crippen molar-refractivity contribution in [2.24, 2.45) is 10.9 Å². The first-order chi connectivity index (χ1) is 16.6. The number of methoxy groups -OCH3 is 1. The van der Waals surface area contributed by atoms with Gasteiger partial charge in [0.2, 0.25) is 0 Å². The van der Waals surface area contributed by atoms with Gasteiger partial charge in [-0.2, -0.15) is 0 Å². The minimum atomic E-state index is -0.406. The Kier molecular flexibility index (Phi) is 6.91. The molecule has 9 nitrogen and oxygen atoms in total. The van der Waals surface area contributed by atoms with Gasteiger partial charge in [-0.25, -0.2) is 9.98 Å². The van der Waals surface area contributed by atoms with Crippen LogP contribution in [0.2, 0.25) is 0 Å². The number of pyridine rings is 3. The van der Waals surface area contributed by atoms with Crippen molar-refractivity contribution in [2.75, 3.05) is 39.0 Å². The lowest BCUT2D eigenvalue weighted by atomic mass is 10.1. The van der Waals surface area contributed by atoms with Crippen molar-refractivity contribution in [3.05, 3.63) is 52.6 Å². The number of nitrogens with one attached hydrogen (secondary N) is 1. The normalized spacial score (nSPS) is 20.1. The van der Waals surface area contributed by atoms with E-state index < -0.39 is 6.10 Å². The lowest BCUT2D eigenvalue weighted by molar-refractivity contribution is 0.140. The summed E-state index contributed by atoms with van der Waals surface area (Å²) in [6, 6.07) is 9.23. The lowest BCUT2D eigenvalue weighted by Gasteiger charge is -2.18. The summed E-state index contributed by atoms with van der Waals surface area (Å²) in [6.45, 7) is 3.90. The molecule has 2 aliphatic heterocycles. The second-order valence-electron chi connectivity index (χ2n) is 8.57. The molecule has 0 unspecified atom stereocenters. The average Bonchev–Trinajstić information content (AvgIpc) is 3.22.